The van der Waals surface area contributed by atoms with Crippen LogP contribution in [0.25, 0.3) is 11.0 Å². The smallest absolute Gasteiger partial charge is 0.121 e. The van der Waals surface area contributed by atoms with E-state index in [0.717, 1.165) is 55.2 Å². The molecule has 5 nitrogen and oxygen atoms in total. The molecule has 0 saturated carbocycles. The highest BCUT2D eigenvalue weighted by Crippen LogP contribution is 2.14. The molecule has 0 aliphatic carbocycles. The van der Waals surface area contributed by atoms with Crippen molar-refractivity contribution in [1.82, 2.24) is 19.8 Å². The molecular weight excluding hydrogens is 288 g/mol. The lowest BCUT2D eigenvalue weighted by Crippen LogP contribution is -2.27. The topological polar surface area (TPSA) is 48.3 Å². The third-order valence-electron chi connectivity index (χ3n) is 3.85. The van der Waals surface area contributed by atoms with Gasteiger partial charge < -0.3 is 14.3 Å². The molecule has 0 radical (unpaired) electrons. The predicted octanol–water partition coefficient (Wildman–Crippen LogP) is 3.11. The molecule has 0 aliphatic rings. The quantitative estimate of drug-likeness (QED) is 0.694. The number of furan rings is 1. The van der Waals surface area contributed by atoms with Gasteiger partial charge in [0.2, 0.25) is 0 Å². The molecule has 2 aromatic heterocycles. The average molecular weight is 312 g/mol. The molecule has 0 atom stereocenters. The Kier molecular flexibility index (Phi) is 5.10. The fraction of sp³-hybridized carbons (Fsp3) is 0.389. The minimum atomic E-state index is 0.794. The van der Waals surface area contributed by atoms with E-state index in [-0.39, 0.29) is 0 Å². The number of aromatic nitrogens is 2. The van der Waals surface area contributed by atoms with Crippen molar-refractivity contribution in [3.05, 3.63) is 54.2 Å². The van der Waals surface area contributed by atoms with E-state index in [4.69, 9.17) is 4.42 Å². The van der Waals surface area contributed by atoms with Gasteiger partial charge >= 0.3 is 0 Å². The fourth-order valence-electron chi connectivity index (χ4n) is 2.74. The summed E-state index contributed by atoms with van der Waals surface area (Å²) >= 11 is 0. The molecule has 0 spiro atoms. The maximum absolute atomic E-state index is 5.51. The Morgan fingerprint density at radius 3 is 2.65 bits per heavy atom. The second kappa shape index (κ2) is 7.44. The lowest BCUT2D eigenvalue weighted by molar-refractivity contribution is 0.218. The summed E-state index contributed by atoms with van der Waals surface area (Å²) in [5.74, 6) is 1.99. The van der Waals surface area contributed by atoms with E-state index in [0.29, 0.717) is 0 Å². The van der Waals surface area contributed by atoms with E-state index in [1.807, 2.05) is 30.3 Å². The molecule has 0 amide bonds. The summed E-state index contributed by atoms with van der Waals surface area (Å²) in [5.41, 5.74) is 2.11. The SMILES string of the molecule is CN(C)CCCN(Cc1nc2ccccc2[nH]1)Cc1ccco1. The number of fused-ring (bicyclic) bond motifs is 1. The van der Waals surface area contributed by atoms with E-state index < -0.39 is 0 Å². The molecule has 0 aliphatic heterocycles. The van der Waals surface area contributed by atoms with Crippen LogP contribution in [-0.2, 0) is 13.1 Å². The zero-order chi connectivity index (χ0) is 16.1. The second-order valence-electron chi connectivity index (χ2n) is 6.15. The van der Waals surface area contributed by atoms with E-state index >= 15 is 0 Å². The van der Waals surface area contributed by atoms with Gasteiger partial charge in [-0.2, -0.15) is 0 Å². The van der Waals surface area contributed by atoms with Crippen LogP contribution < -0.4 is 0 Å². The van der Waals surface area contributed by atoms with Crippen LogP contribution in [0.4, 0.5) is 0 Å². The molecule has 5 heteroatoms. The van der Waals surface area contributed by atoms with E-state index in [1.54, 1.807) is 6.26 Å². The maximum Gasteiger partial charge on any atom is 0.121 e. The summed E-state index contributed by atoms with van der Waals surface area (Å²) in [5, 5.41) is 0. The molecule has 1 N–H and O–H groups in total. The van der Waals surface area contributed by atoms with Crippen LogP contribution >= 0.6 is 0 Å². The molecule has 0 unspecified atom stereocenters. The number of benzene rings is 1. The zero-order valence-electron chi connectivity index (χ0n) is 13.8. The van der Waals surface area contributed by atoms with E-state index in [1.165, 1.54) is 0 Å². The lowest BCUT2D eigenvalue weighted by Gasteiger charge is -2.21. The molecule has 122 valence electrons. The summed E-state index contributed by atoms with van der Waals surface area (Å²) < 4.78 is 5.51. The van der Waals surface area contributed by atoms with Crippen molar-refractivity contribution in [2.24, 2.45) is 0 Å². The van der Waals surface area contributed by atoms with Gasteiger partial charge in [0, 0.05) is 6.54 Å². The molecule has 0 fully saturated rings. The lowest BCUT2D eigenvalue weighted by atomic mass is 10.3. The van der Waals surface area contributed by atoms with Crippen molar-refractivity contribution in [2.45, 2.75) is 19.5 Å². The van der Waals surface area contributed by atoms with Crippen LogP contribution in [-0.4, -0.2) is 47.0 Å². The van der Waals surface area contributed by atoms with Crippen LogP contribution in [0.5, 0.6) is 0 Å². The van der Waals surface area contributed by atoms with E-state index in [2.05, 4.69) is 39.9 Å². The van der Waals surface area contributed by atoms with Gasteiger partial charge in [-0.1, -0.05) is 12.1 Å². The highest BCUT2D eigenvalue weighted by Gasteiger charge is 2.11. The van der Waals surface area contributed by atoms with Gasteiger partial charge in [-0.05, 0) is 51.3 Å². The molecule has 2 heterocycles. The first-order valence-electron chi connectivity index (χ1n) is 8.04. The monoisotopic (exact) mass is 312 g/mol. The first-order chi connectivity index (χ1) is 11.2. The van der Waals surface area contributed by atoms with Gasteiger partial charge in [0.15, 0.2) is 0 Å². The molecule has 3 aromatic rings. The predicted molar refractivity (Wildman–Crippen MR) is 92.1 cm³/mol. The molecule has 0 saturated heterocycles. The average Bonchev–Trinajstić information content (AvgIpc) is 3.15. The number of hydrogen-bond donors (Lipinski definition) is 1. The molecule has 3 rings (SSSR count). The number of aromatic amines is 1. The summed E-state index contributed by atoms with van der Waals surface area (Å²) in [6.45, 7) is 3.69. The molecule has 1 aromatic carbocycles. The van der Waals surface area contributed by atoms with Crippen LogP contribution in [0.2, 0.25) is 0 Å². The Morgan fingerprint density at radius 2 is 1.91 bits per heavy atom. The Bertz CT molecular complexity index is 685. The Morgan fingerprint density at radius 1 is 1.04 bits per heavy atom. The second-order valence-corrected chi connectivity index (χ2v) is 6.15. The molecular formula is C18H24N4O. The van der Waals surface area contributed by atoms with Gasteiger partial charge in [0.25, 0.3) is 0 Å². The van der Waals surface area contributed by atoms with Crippen molar-refractivity contribution >= 4 is 11.0 Å². The van der Waals surface area contributed by atoms with Crippen LogP contribution in [0.1, 0.15) is 18.0 Å². The number of para-hydroxylation sites is 2. The maximum atomic E-state index is 5.51. The van der Waals surface area contributed by atoms with Gasteiger partial charge in [-0.15, -0.1) is 0 Å². The molecule has 0 bridgehead atoms. The first-order valence-corrected chi connectivity index (χ1v) is 8.04. The van der Waals surface area contributed by atoms with Gasteiger partial charge in [0.05, 0.1) is 30.4 Å². The number of hydrogen-bond acceptors (Lipinski definition) is 4. The van der Waals surface area contributed by atoms with Crippen molar-refractivity contribution in [1.29, 1.82) is 0 Å². The number of H-pyrrole nitrogens is 1. The molecule has 23 heavy (non-hydrogen) atoms. The van der Waals surface area contributed by atoms with Gasteiger partial charge in [-0.3, -0.25) is 4.90 Å². The van der Waals surface area contributed by atoms with Gasteiger partial charge in [0.1, 0.15) is 11.6 Å². The Labute approximate surface area is 136 Å². The van der Waals surface area contributed by atoms with Crippen LogP contribution in [0.15, 0.2) is 47.1 Å². The zero-order valence-corrected chi connectivity index (χ0v) is 13.8. The van der Waals surface area contributed by atoms with Crippen molar-refractivity contribution in [3.63, 3.8) is 0 Å². The third-order valence-corrected chi connectivity index (χ3v) is 3.85. The van der Waals surface area contributed by atoms with Crippen LogP contribution in [0.3, 0.4) is 0 Å². The fourth-order valence-corrected chi connectivity index (χ4v) is 2.74. The highest BCUT2D eigenvalue weighted by molar-refractivity contribution is 5.74. The first kappa shape index (κ1) is 15.8. The number of rotatable bonds is 8. The highest BCUT2D eigenvalue weighted by atomic mass is 16.3. The summed E-state index contributed by atoms with van der Waals surface area (Å²) in [6, 6.07) is 12.1. The minimum Gasteiger partial charge on any atom is -0.468 e. The number of nitrogens with one attached hydrogen (secondary N) is 1. The Hall–Kier alpha value is -2.11. The summed E-state index contributed by atoms with van der Waals surface area (Å²) in [4.78, 5) is 12.7. The van der Waals surface area contributed by atoms with Crippen LogP contribution in [0, 0.1) is 0 Å². The van der Waals surface area contributed by atoms with Crippen molar-refractivity contribution < 1.29 is 4.42 Å². The minimum absolute atomic E-state index is 0.794. The van der Waals surface area contributed by atoms with Crippen molar-refractivity contribution in [3.8, 4) is 0 Å². The number of nitrogens with zero attached hydrogens (tertiary/aromatic N) is 3. The Balaban J connectivity index is 1.68. The third kappa shape index (κ3) is 4.43. The van der Waals surface area contributed by atoms with Crippen molar-refractivity contribution in [2.75, 3.05) is 27.2 Å². The largest absolute Gasteiger partial charge is 0.468 e. The number of imidazole rings is 1. The van der Waals surface area contributed by atoms with Gasteiger partial charge in [-0.25, -0.2) is 4.98 Å². The van der Waals surface area contributed by atoms with E-state index in [9.17, 15) is 0 Å². The normalized spacial score (nSPS) is 11.8. The summed E-state index contributed by atoms with van der Waals surface area (Å²) in [6.07, 6.45) is 2.85. The summed E-state index contributed by atoms with van der Waals surface area (Å²) in [7, 11) is 4.21. The standard InChI is InChI=1S/C18H24N4O/c1-21(2)10-6-11-22(13-15-7-5-12-23-15)14-18-19-16-8-3-4-9-17(16)20-18/h3-5,7-9,12H,6,10-11,13-14H2,1-2H3,(H,19,20).